The van der Waals surface area contributed by atoms with Crippen LogP contribution in [0.25, 0.3) is 0 Å². The van der Waals surface area contributed by atoms with E-state index < -0.39 is 4.92 Å². The van der Waals surface area contributed by atoms with Crippen LogP contribution in [-0.2, 0) is 13.5 Å². The van der Waals surface area contributed by atoms with E-state index >= 15 is 0 Å². The van der Waals surface area contributed by atoms with Crippen LogP contribution in [0, 0.1) is 10.1 Å². The molecule has 1 aromatic heterocycles. The van der Waals surface area contributed by atoms with Gasteiger partial charge in [0.05, 0.1) is 4.92 Å². The minimum atomic E-state index is -0.447. The van der Waals surface area contributed by atoms with E-state index in [0.717, 1.165) is 0 Å². The second-order valence-corrected chi connectivity index (χ2v) is 4.37. The number of nitrogens with one attached hydrogen (secondary N) is 1. The van der Waals surface area contributed by atoms with Crippen molar-refractivity contribution in [2.75, 3.05) is 11.9 Å². The van der Waals surface area contributed by atoms with E-state index in [1.165, 1.54) is 18.2 Å². The number of halogens is 1. The zero-order valence-electron chi connectivity index (χ0n) is 10.2. The van der Waals surface area contributed by atoms with Crippen molar-refractivity contribution in [3.63, 3.8) is 0 Å². The molecule has 8 heteroatoms. The van der Waals surface area contributed by atoms with Crippen LogP contribution in [0.4, 0.5) is 11.4 Å². The number of hydrogen-bond donors (Lipinski definition) is 1. The summed E-state index contributed by atoms with van der Waals surface area (Å²) in [6.07, 6.45) is 2.18. The maximum Gasteiger partial charge on any atom is 0.292 e. The Morgan fingerprint density at radius 2 is 2.32 bits per heavy atom. The molecule has 1 N–H and O–H groups in total. The number of nitrogens with zero attached hydrogens (tertiary/aromatic N) is 4. The third kappa shape index (κ3) is 3.41. The van der Waals surface area contributed by atoms with Gasteiger partial charge in [-0.25, -0.2) is 4.98 Å². The van der Waals surface area contributed by atoms with Gasteiger partial charge < -0.3 is 5.32 Å². The van der Waals surface area contributed by atoms with E-state index in [1.807, 2.05) is 0 Å². The van der Waals surface area contributed by atoms with Crippen molar-refractivity contribution in [2.24, 2.45) is 7.05 Å². The number of nitro groups is 1. The zero-order chi connectivity index (χ0) is 13.8. The molecule has 0 aliphatic heterocycles. The van der Waals surface area contributed by atoms with Gasteiger partial charge in [-0.05, 0) is 12.1 Å². The molecule has 0 atom stereocenters. The minimum absolute atomic E-state index is 0.00150. The van der Waals surface area contributed by atoms with Gasteiger partial charge in [0.1, 0.15) is 12.0 Å². The van der Waals surface area contributed by atoms with Crippen LogP contribution >= 0.6 is 11.6 Å². The fourth-order valence-corrected chi connectivity index (χ4v) is 1.79. The highest BCUT2D eigenvalue weighted by Gasteiger charge is 2.13. The zero-order valence-corrected chi connectivity index (χ0v) is 11.0. The molecule has 0 radical (unpaired) electrons. The molecule has 0 aliphatic carbocycles. The highest BCUT2D eigenvalue weighted by atomic mass is 35.5. The van der Waals surface area contributed by atoms with Gasteiger partial charge in [-0.15, -0.1) is 0 Å². The highest BCUT2D eigenvalue weighted by Crippen LogP contribution is 2.27. The summed E-state index contributed by atoms with van der Waals surface area (Å²) in [6, 6.07) is 4.40. The van der Waals surface area contributed by atoms with Gasteiger partial charge >= 0.3 is 0 Å². The summed E-state index contributed by atoms with van der Waals surface area (Å²) in [4.78, 5) is 14.5. The third-order valence-electron chi connectivity index (χ3n) is 2.47. The number of benzene rings is 1. The number of anilines is 1. The van der Waals surface area contributed by atoms with Crippen LogP contribution < -0.4 is 5.32 Å². The second kappa shape index (κ2) is 5.66. The van der Waals surface area contributed by atoms with E-state index in [-0.39, 0.29) is 5.69 Å². The Kier molecular flexibility index (Phi) is 3.96. The van der Waals surface area contributed by atoms with E-state index in [4.69, 9.17) is 11.6 Å². The van der Waals surface area contributed by atoms with Crippen molar-refractivity contribution < 1.29 is 4.92 Å². The number of rotatable bonds is 5. The van der Waals surface area contributed by atoms with Crippen molar-refractivity contribution in [3.05, 3.63) is 45.5 Å². The van der Waals surface area contributed by atoms with Crippen LogP contribution in [-0.4, -0.2) is 26.2 Å². The van der Waals surface area contributed by atoms with E-state index in [1.54, 1.807) is 18.1 Å². The first-order valence-electron chi connectivity index (χ1n) is 5.58. The van der Waals surface area contributed by atoms with Crippen molar-refractivity contribution in [3.8, 4) is 0 Å². The van der Waals surface area contributed by atoms with Crippen molar-refractivity contribution >= 4 is 23.0 Å². The van der Waals surface area contributed by atoms with Gasteiger partial charge in [0, 0.05) is 31.1 Å². The molecule has 0 unspecified atom stereocenters. The Labute approximate surface area is 114 Å². The van der Waals surface area contributed by atoms with Crippen molar-refractivity contribution in [1.82, 2.24) is 14.8 Å². The molecule has 100 valence electrons. The van der Waals surface area contributed by atoms with Gasteiger partial charge in [0.15, 0.2) is 5.82 Å². The van der Waals surface area contributed by atoms with Gasteiger partial charge in [0.2, 0.25) is 0 Å². The average molecular weight is 282 g/mol. The summed E-state index contributed by atoms with van der Waals surface area (Å²) in [7, 11) is 1.78. The fourth-order valence-electron chi connectivity index (χ4n) is 1.62. The number of aromatic nitrogens is 3. The predicted octanol–water partition coefficient (Wildman–Crippen LogP) is 2.03. The van der Waals surface area contributed by atoms with Crippen molar-refractivity contribution in [1.29, 1.82) is 0 Å². The minimum Gasteiger partial charge on any atom is -0.379 e. The molecule has 0 saturated heterocycles. The Morgan fingerprint density at radius 3 is 2.95 bits per heavy atom. The Morgan fingerprint density at radius 1 is 1.53 bits per heavy atom. The fraction of sp³-hybridized carbons (Fsp3) is 0.273. The number of nitro benzene ring substituents is 1. The molecule has 19 heavy (non-hydrogen) atoms. The first-order valence-corrected chi connectivity index (χ1v) is 5.96. The van der Waals surface area contributed by atoms with E-state index in [2.05, 4.69) is 15.4 Å². The average Bonchev–Trinajstić information content (AvgIpc) is 2.75. The Hall–Kier alpha value is -2.15. The monoisotopic (exact) mass is 281 g/mol. The van der Waals surface area contributed by atoms with E-state index in [0.29, 0.717) is 29.5 Å². The van der Waals surface area contributed by atoms with Crippen LogP contribution in [0.2, 0.25) is 5.02 Å². The smallest absolute Gasteiger partial charge is 0.292 e. The molecule has 0 spiro atoms. The molecule has 0 fully saturated rings. The maximum atomic E-state index is 10.9. The summed E-state index contributed by atoms with van der Waals surface area (Å²) in [5.74, 6) is 0.680. The standard InChI is InChI=1S/C11H12ClN5O2/c1-16-7-14-11(15-16)4-5-13-9-6-8(12)2-3-10(9)17(18)19/h2-3,6-7,13H,4-5H2,1H3. The molecular formula is C11H12ClN5O2. The van der Waals surface area contributed by atoms with Crippen LogP contribution in [0.15, 0.2) is 24.5 Å². The lowest BCUT2D eigenvalue weighted by molar-refractivity contribution is -0.384. The lowest BCUT2D eigenvalue weighted by atomic mass is 10.2. The normalized spacial score (nSPS) is 10.4. The summed E-state index contributed by atoms with van der Waals surface area (Å²) in [6.45, 7) is 0.491. The Balaban J connectivity index is 2.02. The lowest BCUT2D eigenvalue weighted by Crippen LogP contribution is -2.08. The summed E-state index contributed by atoms with van der Waals surface area (Å²) in [5, 5.41) is 18.4. The molecule has 7 nitrogen and oxygen atoms in total. The molecule has 0 bridgehead atoms. The summed E-state index contributed by atoms with van der Waals surface area (Å²) < 4.78 is 1.61. The second-order valence-electron chi connectivity index (χ2n) is 3.93. The van der Waals surface area contributed by atoms with Gasteiger partial charge in [-0.1, -0.05) is 11.6 Å². The molecule has 0 aliphatic rings. The summed E-state index contributed by atoms with van der Waals surface area (Å²) >= 11 is 5.83. The predicted molar refractivity (Wildman–Crippen MR) is 71.3 cm³/mol. The molecular weight excluding hydrogens is 270 g/mol. The molecule has 1 aromatic carbocycles. The SMILES string of the molecule is Cn1cnc(CCNc2cc(Cl)ccc2[N+](=O)[O-])n1. The number of hydrogen-bond acceptors (Lipinski definition) is 5. The third-order valence-corrected chi connectivity index (χ3v) is 2.70. The first-order chi connectivity index (χ1) is 9.06. The van der Waals surface area contributed by atoms with Crippen LogP contribution in [0.3, 0.4) is 0 Å². The van der Waals surface area contributed by atoms with E-state index in [9.17, 15) is 10.1 Å². The van der Waals surface area contributed by atoms with Crippen LogP contribution in [0.1, 0.15) is 5.82 Å². The molecule has 1 heterocycles. The highest BCUT2D eigenvalue weighted by molar-refractivity contribution is 6.31. The van der Waals surface area contributed by atoms with Crippen molar-refractivity contribution in [2.45, 2.75) is 6.42 Å². The maximum absolute atomic E-state index is 10.9. The molecule has 0 saturated carbocycles. The summed E-state index contributed by atoms with van der Waals surface area (Å²) in [5.41, 5.74) is 0.395. The lowest BCUT2D eigenvalue weighted by Gasteiger charge is -2.06. The first kappa shape index (κ1) is 13.3. The largest absolute Gasteiger partial charge is 0.379 e. The number of aryl methyl sites for hydroxylation is 1. The Bertz CT molecular complexity index is 599. The molecule has 2 rings (SSSR count). The topological polar surface area (TPSA) is 85.9 Å². The molecule has 2 aromatic rings. The quantitative estimate of drug-likeness (QED) is 0.669. The van der Waals surface area contributed by atoms with Gasteiger partial charge in [0.25, 0.3) is 5.69 Å². The molecule has 0 amide bonds. The van der Waals surface area contributed by atoms with Gasteiger partial charge in [-0.2, -0.15) is 5.10 Å². The van der Waals surface area contributed by atoms with Gasteiger partial charge in [-0.3, -0.25) is 14.8 Å². The van der Waals surface area contributed by atoms with Crippen LogP contribution in [0.5, 0.6) is 0 Å².